The van der Waals surface area contributed by atoms with Crippen molar-refractivity contribution in [1.82, 2.24) is 10.3 Å². The number of nitrogens with two attached hydrogens (primary N) is 1. The van der Waals surface area contributed by atoms with Crippen molar-refractivity contribution in [1.29, 1.82) is 0 Å². The van der Waals surface area contributed by atoms with E-state index >= 15 is 0 Å². The highest BCUT2D eigenvalue weighted by molar-refractivity contribution is 6.00. The number of carbonyl (C=O) groups excluding carboxylic acids is 3. The van der Waals surface area contributed by atoms with Crippen molar-refractivity contribution < 1.29 is 14.4 Å². The smallest absolute Gasteiger partial charge is 0.235 e. The zero-order chi connectivity index (χ0) is 14.3. The summed E-state index contributed by atoms with van der Waals surface area (Å²) in [6.45, 7) is 0. The standard InChI is InChI=1S/C14H15N3O3/c15-13(19)9-3-1-7-2-5-10(16-12(7)9)8-4-6-11(18)17-14(8)20/h2,5,8-9H,1,3-4,6H2,(H2,15,19)(H,17,18,20)/t8-,9?/m0/s1. The summed E-state index contributed by atoms with van der Waals surface area (Å²) in [6.07, 6.45) is 2.23. The number of nitrogens with zero attached hydrogens (tertiary/aromatic N) is 1. The van der Waals surface area contributed by atoms with Gasteiger partial charge in [-0.3, -0.25) is 24.7 Å². The monoisotopic (exact) mass is 273 g/mol. The number of imide groups is 1. The van der Waals surface area contributed by atoms with E-state index in [1.165, 1.54) is 0 Å². The van der Waals surface area contributed by atoms with Crippen LogP contribution in [0.2, 0.25) is 0 Å². The molecule has 0 aromatic carbocycles. The SMILES string of the molecule is NC(=O)C1CCc2ccc([C@@H]3CCC(=O)NC3=O)nc21. The van der Waals surface area contributed by atoms with Crippen molar-refractivity contribution in [2.24, 2.45) is 5.73 Å². The average molecular weight is 273 g/mol. The molecule has 0 radical (unpaired) electrons. The van der Waals surface area contributed by atoms with Gasteiger partial charge in [0.1, 0.15) is 0 Å². The van der Waals surface area contributed by atoms with Gasteiger partial charge < -0.3 is 5.73 Å². The molecule has 1 aliphatic carbocycles. The fourth-order valence-electron chi connectivity index (χ4n) is 2.92. The first-order chi connectivity index (χ1) is 9.56. The van der Waals surface area contributed by atoms with Gasteiger partial charge in [0, 0.05) is 6.42 Å². The number of aromatic nitrogens is 1. The first-order valence-electron chi connectivity index (χ1n) is 6.69. The van der Waals surface area contributed by atoms with Gasteiger partial charge in [-0.25, -0.2) is 0 Å². The second kappa shape index (κ2) is 4.70. The first kappa shape index (κ1) is 12.8. The molecule has 0 saturated carbocycles. The van der Waals surface area contributed by atoms with Crippen LogP contribution in [0.15, 0.2) is 12.1 Å². The summed E-state index contributed by atoms with van der Waals surface area (Å²) in [7, 11) is 0. The van der Waals surface area contributed by atoms with E-state index in [2.05, 4.69) is 10.3 Å². The van der Waals surface area contributed by atoms with Crippen LogP contribution in [0.1, 0.15) is 48.0 Å². The maximum Gasteiger partial charge on any atom is 0.235 e. The van der Waals surface area contributed by atoms with Crippen LogP contribution in [0, 0.1) is 0 Å². The number of amides is 3. The van der Waals surface area contributed by atoms with Crippen LogP contribution in [0.5, 0.6) is 0 Å². The van der Waals surface area contributed by atoms with Crippen molar-refractivity contribution >= 4 is 17.7 Å². The molecular weight excluding hydrogens is 258 g/mol. The summed E-state index contributed by atoms with van der Waals surface area (Å²) in [5.74, 6) is -1.73. The minimum absolute atomic E-state index is 0.248. The molecule has 6 nitrogen and oxygen atoms in total. The van der Waals surface area contributed by atoms with Gasteiger partial charge in [0.2, 0.25) is 17.7 Å². The Morgan fingerprint density at radius 2 is 2.05 bits per heavy atom. The second-order valence-electron chi connectivity index (χ2n) is 5.28. The molecule has 0 spiro atoms. The molecule has 1 saturated heterocycles. The van der Waals surface area contributed by atoms with Gasteiger partial charge in [-0.05, 0) is 30.9 Å². The Hall–Kier alpha value is -2.24. The number of hydrogen-bond donors (Lipinski definition) is 2. The lowest BCUT2D eigenvalue weighted by Gasteiger charge is -2.21. The maximum absolute atomic E-state index is 11.9. The van der Waals surface area contributed by atoms with E-state index < -0.39 is 5.92 Å². The van der Waals surface area contributed by atoms with Crippen molar-refractivity contribution in [3.05, 3.63) is 29.1 Å². The molecule has 2 heterocycles. The van der Waals surface area contributed by atoms with Crippen LogP contribution in [-0.2, 0) is 20.8 Å². The average Bonchev–Trinajstić information content (AvgIpc) is 2.81. The summed E-state index contributed by atoms with van der Waals surface area (Å²) in [5, 5.41) is 2.32. The van der Waals surface area contributed by atoms with Crippen molar-refractivity contribution in [2.45, 2.75) is 37.5 Å². The molecule has 3 amide bonds. The Bertz CT molecular complexity index is 612. The number of carbonyl (C=O) groups is 3. The van der Waals surface area contributed by atoms with Crippen molar-refractivity contribution in [2.75, 3.05) is 0 Å². The highest BCUT2D eigenvalue weighted by Gasteiger charge is 2.33. The third kappa shape index (κ3) is 2.07. The molecule has 104 valence electrons. The van der Waals surface area contributed by atoms with E-state index in [9.17, 15) is 14.4 Å². The zero-order valence-electron chi connectivity index (χ0n) is 10.9. The largest absolute Gasteiger partial charge is 0.369 e. The van der Waals surface area contributed by atoms with Crippen LogP contribution in [-0.4, -0.2) is 22.7 Å². The van der Waals surface area contributed by atoms with E-state index in [1.807, 2.05) is 12.1 Å². The minimum atomic E-state index is -0.424. The summed E-state index contributed by atoms with van der Waals surface area (Å²) in [4.78, 5) is 38.9. The van der Waals surface area contributed by atoms with Crippen LogP contribution >= 0.6 is 0 Å². The van der Waals surface area contributed by atoms with Crippen LogP contribution in [0.3, 0.4) is 0 Å². The molecule has 1 aromatic heterocycles. The van der Waals surface area contributed by atoms with Gasteiger partial charge in [-0.1, -0.05) is 6.07 Å². The van der Waals surface area contributed by atoms with E-state index in [0.29, 0.717) is 30.7 Å². The molecule has 3 N–H and O–H groups in total. The Labute approximate surface area is 115 Å². The first-order valence-corrected chi connectivity index (χ1v) is 6.69. The molecule has 20 heavy (non-hydrogen) atoms. The van der Waals surface area contributed by atoms with Crippen LogP contribution in [0.25, 0.3) is 0 Å². The lowest BCUT2D eigenvalue weighted by atomic mass is 9.93. The van der Waals surface area contributed by atoms with E-state index in [1.54, 1.807) is 0 Å². The third-order valence-corrected chi connectivity index (χ3v) is 4.01. The van der Waals surface area contributed by atoms with Crippen LogP contribution < -0.4 is 11.1 Å². The summed E-state index contributed by atoms with van der Waals surface area (Å²) >= 11 is 0. The predicted molar refractivity (Wildman–Crippen MR) is 69.6 cm³/mol. The molecule has 1 aliphatic heterocycles. The molecule has 0 bridgehead atoms. The fraction of sp³-hybridized carbons (Fsp3) is 0.429. The molecule has 6 heteroatoms. The number of piperidine rings is 1. The number of aryl methyl sites for hydroxylation is 1. The van der Waals surface area contributed by atoms with Crippen LogP contribution in [0.4, 0.5) is 0 Å². The summed E-state index contributed by atoms with van der Waals surface area (Å²) < 4.78 is 0. The normalized spacial score (nSPS) is 25.2. The molecule has 1 unspecified atom stereocenters. The Morgan fingerprint density at radius 3 is 2.75 bits per heavy atom. The summed E-state index contributed by atoms with van der Waals surface area (Å²) in [6, 6.07) is 3.71. The highest BCUT2D eigenvalue weighted by Crippen LogP contribution is 2.33. The Morgan fingerprint density at radius 1 is 1.25 bits per heavy atom. The Balaban J connectivity index is 1.93. The third-order valence-electron chi connectivity index (χ3n) is 4.01. The van der Waals surface area contributed by atoms with Crippen molar-refractivity contribution in [3.8, 4) is 0 Å². The lowest BCUT2D eigenvalue weighted by molar-refractivity contribution is -0.134. The second-order valence-corrected chi connectivity index (χ2v) is 5.28. The fourth-order valence-corrected chi connectivity index (χ4v) is 2.92. The lowest BCUT2D eigenvalue weighted by Crippen LogP contribution is -2.39. The summed E-state index contributed by atoms with van der Waals surface area (Å²) in [5.41, 5.74) is 7.71. The highest BCUT2D eigenvalue weighted by atomic mass is 16.2. The van der Waals surface area contributed by atoms with Gasteiger partial charge in [0.05, 0.1) is 23.2 Å². The maximum atomic E-state index is 11.9. The number of pyridine rings is 1. The number of rotatable bonds is 2. The topological polar surface area (TPSA) is 102 Å². The van der Waals surface area contributed by atoms with Gasteiger partial charge in [0.15, 0.2) is 0 Å². The van der Waals surface area contributed by atoms with Crippen molar-refractivity contribution in [3.63, 3.8) is 0 Å². The molecule has 1 fully saturated rings. The minimum Gasteiger partial charge on any atom is -0.369 e. The van der Waals surface area contributed by atoms with Gasteiger partial charge >= 0.3 is 0 Å². The van der Waals surface area contributed by atoms with Gasteiger partial charge in [-0.2, -0.15) is 0 Å². The zero-order valence-corrected chi connectivity index (χ0v) is 10.9. The number of fused-ring (bicyclic) bond motifs is 1. The molecule has 3 rings (SSSR count). The molecular formula is C14H15N3O3. The molecule has 2 atom stereocenters. The number of primary amides is 1. The van der Waals surface area contributed by atoms with Gasteiger partial charge in [-0.15, -0.1) is 0 Å². The Kier molecular flexibility index (Phi) is 3.00. The molecule has 2 aliphatic rings. The quantitative estimate of drug-likeness (QED) is 0.747. The molecule has 1 aromatic rings. The number of nitrogens with one attached hydrogen (secondary N) is 1. The number of hydrogen-bond acceptors (Lipinski definition) is 4. The van der Waals surface area contributed by atoms with E-state index in [-0.39, 0.29) is 23.6 Å². The van der Waals surface area contributed by atoms with Gasteiger partial charge in [0.25, 0.3) is 0 Å². The van der Waals surface area contributed by atoms with E-state index in [4.69, 9.17) is 5.73 Å². The van der Waals surface area contributed by atoms with E-state index in [0.717, 1.165) is 12.0 Å². The predicted octanol–water partition coefficient (Wildman–Crippen LogP) is 0.117.